The van der Waals surface area contributed by atoms with E-state index in [1.807, 2.05) is 37.3 Å². The van der Waals surface area contributed by atoms with Crippen LogP contribution in [-0.2, 0) is 44.1 Å². The SMILES string of the molecule is CCCC[C@@H](NC(=O)[C@H](CCCCNC(=O)OCc1ccccc1)NC(=O)C1CCCC1)P(=O)(OC)OC(C)C(=O)N1CCC[C@H]1C(=O)O. The predicted molar refractivity (Wildman–Crippen MR) is 181 cm³/mol. The molecule has 2 unspecified atom stereocenters. The molecule has 1 aromatic rings. The quantitative estimate of drug-likeness (QED) is 0.109. The highest BCUT2D eigenvalue weighted by molar-refractivity contribution is 7.54. The number of hydrogen-bond donors (Lipinski definition) is 4. The van der Waals surface area contributed by atoms with Crippen molar-refractivity contribution in [2.45, 2.75) is 121 Å². The summed E-state index contributed by atoms with van der Waals surface area (Å²) in [6.45, 7) is 4.00. The van der Waals surface area contributed by atoms with Crippen molar-refractivity contribution in [3.05, 3.63) is 35.9 Å². The molecule has 1 aliphatic heterocycles. The maximum Gasteiger partial charge on any atom is 0.407 e. The minimum Gasteiger partial charge on any atom is -0.480 e. The van der Waals surface area contributed by atoms with Gasteiger partial charge in [0.15, 0.2) is 0 Å². The van der Waals surface area contributed by atoms with E-state index in [9.17, 15) is 33.6 Å². The van der Waals surface area contributed by atoms with Crippen LogP contribution in [0, 0.1) is 5.92 Å². The second-order valence-electron chi connectivity index (χ2n) is 12.7. The van der Waals surface area contributed by atoms with Gasteiger partial charge in [0.2, 0.25) is 11.8 Å². The fourth-order valence-electron chi connectivity index (χ4n) is 6.19. The molecule has 0 radical (unpaired) electrons. The first kappa shape index (κ1) is 40.0. The van der Waals surface area contributed by atoms with Gasteiger partial charge in [-0.25, -0.2) is 9.59 Å². The van der Waals surface area contributed by atoms with E-state index in [0.717, 1.165) is 31.2 Å². The summed E-state index contributed by atoms with van der Waals surface area (Å²) in [6, 6.07) is 7.36. The molecule has 1 aliphatic carbocycles. The molecular formula is C34H53N4O10P. The summed E-state index contributed by atoms with van der Waals surface area (Å²) >= 11 is 0. The van der Waals surface area contributed by atoms with Crippen LogP contribution in [0.4, 0.5) is 4.79 Å². The number of aliphatic carboxylic acids is 1. The van der Waals surface area contributed by atoms with Gasteiger partial charge in [0.1, 0.15) is 30.6 Å². The molecule has 2 fully saturated rings. The summed E-state index contributed by atoms with van der Waals surface area (Å²) in [5.74, 6) is -3.83. The molecule has 0 bridgehead atoms. The Hall–Kier alpha value is -3.48. The van der Waals surface area contributed by atoms with E-state index in [4.69, 9.17) is 13.8 Å². The first-order chi connectivity index (χ1) is 23.5. The average Bonchev–Trinajstić information content (AvgIpc) is 3.82. The Labute approximate surface area is 288 Å². The topological polar surface area (TPSA) is 190 Å². The van der Waals surface area contributed by atoms with Crippen molar-refractivity contribution in [3.63, 3.8) is 0 Å². The van der Waals surface area contributed by atoms with Crippen LogP contribution < -0.4 is 16.0 Å². The predicted octanol–water partition coefficient (Wildman–Crippen LogP) is 4.71. The second kappa shape index (κ2) is 20.3. The highest BCUT2D eigenvalue weighted by Gasteiger charge is 2.43. The van der Waals surface area contributed by atoms with Crippen molar-refractivity contribution < 1.29 is 47.4 Å². The van der Waals surface area contributed by atoms with Crippen molar-refractivity contribution in [2.24, 2.45) is 5.92 Å². The monoisotopic (exact) mass is 708 g/mol. The van der Waals surface area contributed by atoms with Gasteiger partial charge >= 0.3 is 19.7 Å². The number of nitrogens with one attached hydrogen (secondary N) is 3. The first-order valence-corrected chi connectivity index (χ1v) is 19.0. The van der Waals surface area contributed by atoms with E-state index in [0.29, 0.717) is 45.1 Å². The number of alkyl carbamates (subject to hydrolysis) is 1. The third-order valence-corrected chi connectivity index (χ3v) is 11.3. The van der Waals surface area contributed by atoms with Crippen LogP contribution in [-0.4, -0.2) is 84.0 Å². The van der Waals surface area contributed by atoms with Crippen molar-refractivity contribution >= 4 is 37.4 Å². The zero-order chi connectivity index (χ0) is 35.8. The number of carbonyl (C=O) groups excluding carboxylic acids is 4. The maximum atomic E-state index is 14.1. The van der Waals surface area contributed by atoms with Crippen LogP contribution in [0.2, 0.25) is 0 Å². The molecule has 14 nitrogen and oxygen atoms in total. The van der Waals surface area contributed by atoms with Crippen molar-refractivity contribution in [1.29, 1.82) is 0 Å². The number of carboxylic acids is 1. The van der Waals surface area contributed by atoms with Gasteiger partial charge in [-0.3, -0.25) is 23.5 Å². The lowest BCUT2D eigenvalue weighted by Gasteiger charge is -2.31. The van der Waals surface area contributed by atoms with Crippen LogP contribution in [0.5, 0.6) is 0 Å². The number of amides is 4. The molecule has 3 rings (SSSR count). The summed E-state index contributed by atoms with van der Waals surface area (Å²) in [5, 5.41) is 17.9. The number of ether oxygens (including phenoxy) is 1. The van der Waals surface area contributed by atoms with Gasteiger partial charge in [0.05, 0.1) is 0 Å². The van der Waals surface area contributed by atoms with E-state index in [2.05, 4.69) is 16.0 Å². The van der Waals surface area contributed by atoms with E-state index >= 15 is 0 Å². The van der Waals surface area contributed by atoms with E-state index in [-0.39, 0.29) is 37.8 Å². The Bertz CT molecular complexity index is 1290. The Morgan fingerprint density at radius 1 is 0.980 bits per heavy atom. The second-order valence-corrected chi connectivity index (χ2v) is 15.0. The van der Waals surface area contributed by atoms with E-state index < -0.39 is 55.4 Å². The maximum absolute atomic E-state index is 14.1. The molecule has 0 spiro atoms. The number of rotatable bonds is 20. The molecule has 1 saturated carbocycles. The lowest BCUT2D eigenvalue weighted by Crippen LogP contribution is -2.51. The lowest BCUT2D eigenvalue weighted by molar-refractivity contribution is -0.151. The molecule has 4 amide bonds. The zero-order valence-electron chi connectivity index (χ0n) is 28.9. The molecule has 49 heavy (non-hydrogen) atoms. The molecule has 274 valence electrons. The van der Waals surface area contributed by atoms with E-state index in [1.165, 1.54) is 18.9 Å². The number of nitrogens with zero attached hydrogens (tertiary/aromatic N) is 1. The largest absolute Gasteiger partial charge is 0.480 e. The van der Waals surface area contributed by atoms with Gasteiger partial charge in [-0.15, -0.1) is 0 Å². The van der Waals surface area contributed by atoms with Gasteiger partial charge in [-0.2, -0.15) is 0 Å². The van der Waals surface area contributed by atoms with Gasteiger partial charge in [-0.1, -0.05) is 62.9 Å². The third-order valence-electron chi connectivity index (χ3n) is 9.01. The van der Waals surface area contributed by atoms with Crippen molar-refractivity contribution in [2.75, 3.05) is 20.2 Å². The minimum absolute atomic E-state index is 0.143. The summed E-state index contributed by atoms with van der Waals surface area (Å²) in [4.78, 5) is 65.1. The lowest BCUT2D eigenvalue weighted by atomic mass is 10.0. The van der Waals surface area contributed by atoms with Crippen LogP contribution >= 0.6 is 7.60 Å². The van der Waals surface area contributed by atoms with Gasteiger partial charge < -0.3 is 35.2 Å². The fraction of sp³-hybridized carbons (Fsp3) is 0.676. The number of hydrogen-bond acceptors (Lipinski definition) is 9. The molecule has 1 aromatic carbocycles. The van der Waals surface area contributed by atoms with Crippen LogP contribution in [0.15, 0.2) is 30.3 Å². The molecular weight excluding hydrogens is 655 g/mol. The van der Waals surface area contributed by atoms with Gasteiger partial charge in [0, 0.05) is 26.1 Å². The summed E-state index contributed by atoms with van der Waals surface area (Å²) < 4.78 is 30.5. The summed E-state index contributed by atoms with van der Waals surface area (Å²) in [7, 11) is -2.98. The molecule has 0 aromatic heterocycles. The fourth-order valence-corrected chi connectivity index (χ4v) is 7.99. The smallest absolute Gasteiger partial charge is 0.407 e. The highest BCUT2D eigenvalue weighted by Crippen LogP contribution is 2.54. The molecule has 15 heteroatoms. The van der Waals surface area contributed by atoms with Gasteiger partial charge in [0.25, 0.3) is 5.91 Å². The molecule has 1 saturated heterocycles. The van der Waals surface area contributed by atoms with Crippen molar-refractivity contribution in [1.82, 2.24) is 20.9 Å². The van der Waals surface area contributed by atoms with Crippen LogP contribution in [0.3, 0.4) is 0 Å². The zero-order valence-corrected chi connectivity index (χ0v) is 29.8. The average molecular weight is 709 g/mol. The highest BCUT2D eigenvalue weighted by atomic mass is 31.2. The number of carbonyl (C=O) groups is 5. The number of unbranched alkanes of at least 4 members (excludes halogenated alkanes) is 2. The molecule has 5 atom stereocenters. The standard InChI is InChI=1S/C34H53N4O10P/c1-4-5-20-29(49(45,46-3)48-24(2)32(41)38-22-13-19-28(38)33(42)43)37-31(40)27(36-30(39)26-16-9-10-17-26)18-11-12-21-35-34(44)47-23-25-14-7-6-8-15-25/h6-8,14-15,24,26-29H,4-5,9-13,16-23H2,1-3H3,(H,35,44)(H,36,39)(H,37,40)(H,42,43)/t24?,27-,28-,29-,49?/m0/s1. The third kappa shape index (κ3) is 12.4. The Balaban J connectivity index is 1.64. The minimum atomic E-state index is -4.16. The van der Waals surface area contributed by atoms with Crippen molar-refractivity contribution in [3.8, 4) is 0 Å². The van der Waals surface area contributed by atoms with Crippen LogP contribution in [0.1, 0.15) is 96.5 Å². The Morgan fingerprint density at radius 2 is 1.69 bits per heavy atom. The van der Waals surface area contributed by atoms with Crippen LogP contribution in [0.25, 0.3) is 0 Å². The molecule has 1 heterocycles. The first-order valence-electron chi connectivity index (χ1n) is 17.4. The Kier molecular flexibility index (Phi) is 16.5. The van der Waals surface area contributed by atoms with E-state index in [1.54, 1.807) is 0 Å². The normalized spacial score (nSPS) is 19.3. The number of likely N-dealkylation sites (tertiary alicyclic amines) is 1. The molecule has 2 aliphatic rings. The number of benzene rings is 1. The Morgan fingerprint density at radius 3 is 2.35 bits per heavy atom. The molecule has 4 N–H and O–H groups in total. The van der Waals surface area contributed by atoms with Gasteiger partial charge in [-0.05, 0) is 63.9 Å². The number of carboxylic acid groups (broad SMARTS) is 1. The summed E-state index contributed by atoms with van der Waals surface area (Å²) in [6.07, 6.45) is 5.08. The summed E-state index contributed by atoms with van der Waals surface area (Å²) in [5.41, 5.74) is 0.865.